The average Bonchev–Trinajstić information content (AvgIpc) is 2.76. The van der Waals surface area contributed by atoms with Crippen LogP contribution in [0.4, 0.5) is 32.4 Å². The lowest BCUT2D eigenvalue weighted by Gasteiger charge is -2.57. The number of urea groups is 1. The van der Waals surface area contributed by atoms with Crippen molar-refractivity contribution in [1.29, 1.82) is 0 Å². The first kappa shape index (κ1) is 23.5. The minimum atomic E-state index is -4.52. The SMILES string of the molecule is CNC(=O)N1CC2(C1)C(=O)N(c1ccc(F)c(F)c1)CC(=O)N2Cc1ccc(C(F)(F)F)cc1. The van der Waals surface area contributed by atoms with Gasteiger partial charge in [-0.3, -0.25) is 9.59 Å². The van der Waals surface area contributed by atoms with E-state index in [-0.39, 0.29) is 25.3 Å². The number of likely N-dealkylation sites (tertiary alicyclic amines) is 1. The van der Waals surface area contributed by atoms with Gasteiger partial charge in [0.2, 0.25) is 5.91 Å². The van der Waals surface area contributed by atoms with Crippen molar-refractivity contribution in [3.8, 4) is 0 Å². The first-order valence-corrected chi connectivity index (χ1v) is 10.2. The molecule has 4 rings (SSSR count). The van der Waals surface area contributed by atoms with Crippen LogP contribution in [0, 0.1) is 11.6 Å². The van der Waals surface area contributed by atoms with Gasteiger partial charge in [-0.1, -0.05) is 12.1 Å². The molecule has 7 nitrogen and oxygen atoms in total. The molecule has 2 aliphatic rings. The molecule has 1 spiro atoms. The van der Waals surface area contributed by atoms with Crippen LogP contribution in [0.5, 0.6) is 0 Å². The number of hydrogen-bond acceptors (Lipinski definition) is 3. The highest BCUT2D eigenvalue weighted by molar-refractivity contribution is 6.10. The minimum Gasteiger partial charge on any atom is -0.341 e. The summed E-state index contributed by atoms with van der Waals surface area (Å²) >= 11 is 0. The van der Waals surface area contributed by atoms with Crippen molar-refractivity contribution in [1.82, 2.24) is 15.1 Å². The molecule has 12 heteroatoms. The highest BCUT2D eigenvalue weighted by atomic mass is 19.4. The Morgan fingerprint density at radius 1 is 1.03 bits per heavy atom. The van der Waals surface area contributed by atoms with E-state index in [4.69, 9.17) is 0 Å². The van der Waals surface area contributed by atoms with Crippen molar-refractivity contribution in [3.63, 3.8) is 0 Å². The molecular weight excluding hydrogens is 463 g/mol. The zero-order valence-corrected chi connectivity index (χ0v) is 17.8. The van der Waals surface area contributed by atoms with Crippen molar-refractivity contribution in [2.45, 2.75) is 18.3 Å². The van der Waals surface area contributed by atoms with Gasteiger partial charge in [0.15, 0.2) is 17.2 Å². The number of hydrogen-bond donors (Lipinski definition) is 1. The number of benzene rings is 2. The van der Waals surface area contributed by atoms with E-state index in [1.165, 1.54) is 29.0 Å². The third-order valence-corrected chi connectivity index (χ3v) is 6.00. The summed E-state index contributed by atoms with van der Waals surface area (Å²) in [7, 11) is 1.40. The number of nitrogens with one attached hydrogen (secondary N) is 1. The van der Waals surface area contributed by atoms with Crippen LogP contribution in [-0.2, 0) is 22.3 Å². The van der Waals surface area contributed by atoms with Gasteiger partial charge < -0.3 is 20.0 Å². The van der Waals surface area contributed by atoms with E-state index in [2.05, 4.69) is 5.32 Å². The lowest BCUT2D eigenvalue weighted by molar-refractivity contribution is -0.161. The second-order valence-electron chi connectivity index (χ2n) is 8.11. The Hall–Kier alpha value is -3.70. The highest BCUT2D eigenvalue weighted by Crippen LogP contribution is 2.37. The summed E-state index contributed by atoms with van der Waals surface area (Å²) in [6, 6.07) is 6.50. The van der Waals surface area contributed by atoms with Crippen molar-refractivity contribution in [2.75, 3.05) is 31.6 Å². The standard InChI is InChI=1S/C22H19F5N4O3/c1-28-20(34)29-11-21(12-29)19(33)30(15-6-7-16(23)17(24)8-15)10-18(32)31(21)9-13-2-4-14(5-3-13)22(25,26)27/h2-8H,9-12H2,1H3,(H,28,34). The number of alkyl halides is 3. The van der Waals surface area contributed by atoms with Crippen molar-refractivity contribution in [2.24, 2.45) is 0 Å². The van der Waals surface area contributed by atoms with E-state index in [9.17, 15) is 36.3 Å². The Balaban J connectivity index is 1.66. The maximum absolute atomic E-state index is 13.8. The van der Waals surface area contributed by atoms with Crippen molar-refractivity contribution < 1.29 is 36.3 Å². The van der Waals surface area contributed by atoms with E-state index in [0.29, 0.717) is 5.56 Å². The molecule has 0 atom stereocenters. The van der Waals surface area contributed by atoms with E-state index >= 15 is 0 Å². The largest absolute Gasteiger partial charge is 0.416 e. The van der Waals surface area contributed by atoms with Crippen LogP contribution in [0.15, 0.2) is 42.5 Å². The molecule has 4 amide bonds. The van der Waals surface area contributed by atoms with Crippen LogP contribution in [0.3, 0.4) is 0 Å². The van der Waals surface area contributed by atoms with Crippen LogP contribution in [0.1, 0.15) is 11.1 Å². The first-order chi connectivity index (χ1) is 16.0. The topological polar surface area (TPSA) is 73.0 Å². The molecule has 2 fully saturated rings. The van der Waals surface area contributed by atoms with Gasteiger partial charge in [0.05, 0.1) is 18.7 Å². The number of anilines is 1. The number of carbonyl (C=O) groups is 3. The molecule has 0 saturated carbocycles. The Labute approximate surface area is 190 Å². The number of amides is 4. The van der Waals surface area contributed by atoms with Gasteiger partial charge in [-0.15, -0.1) is 0 Å². The predicted molar refractivity (Wildman–Crippen MR) is 109 cm³/mol. The minimum absolute atomic E-state index is 0.0239. The highest BCUT2D eigenvalue weighted by Gasteiger charge is 2.60. The van der Waals surface area contributed by atoms with E-state index in [0.717, 1.165) is 35.2 Å². The first-order valence-electron chi connectivity index (χ1n) is 10.2. The van der Waals surface area contributed by atoms with E-state index in [1.54, 1.807) is 0 Å². The zero-order valence-electron chi connectivity index (χ0n) is 17.8. The summed E-state index contributed by atoms with van der Waals surface area (Å²) < 4.78 is 65.8. The van der Waals surface area contributed by atoms with Gasteiger partial charge in [-0.2, -0.15) is 13.2 Å². The Morgan fingerprint density at radius 3 is 2.24 bits per heavy atom. The Morgan fingerprint density at radius 2 is 1.68 bits per heavy atom. The van der Waals surface area contributed by atoms with Crippen LogP contribution < -0.4 is 10.2 Å². The summed E-state index contributed by atoms with van der Waals surface area (Å²) in [4.78, 5) is 42.2. The fraction of sp³-hybridized carbons (Fsp3) is 0.318. The van der Waals surface area contributed by atoms with Gasteiger partial charge in [-0.25, -0.2) is 13.6 Å². The zero-order chi connectivity index (χ0) is 24.8. The van der Waals surface area contributed by atoms with Crippen LogP contribution in [0.2, 0.25) is 0 Å². The molecule has 2 aliphatic heterocycles. The third-order valence-electron chi connectivity index (χ3n) is 6.00. The molecule has 2 heterocycles. The molecular formula is C22H19F5N4O3. The smallest absolute Gasteiger partial charge is 0.341 e. The lowest BCUT2D eigenvalue weighted by Crippen LogP contribution is -2.81. The molecule has 2 saturated heterocycles. The van der Waals surface area contributed by atoms with Gasteiger partial charge in [0, 0.05) is 25.3 Å². The van der Waals surface area contributed by atoms with E-state index < -0.39 is 53.3 Å². The third kappa shape index (κ3) is 3.93. The Bertz CT molecular complexity index is 1150. The van der Waals surface area contributed by atoms with Gasteiger partial charge >= 0.3 is 12.2 Å². The molecule has 0 unspecified atom stereocenters. The number of piperazine rings is 1. The fourth-order valence-electron chi connectivity index (χ4n) is 4.17. The monoisotopic (exact) mass is 482 g/mol. The van der Waals surface area contributed by atoms with Gasteiger partial charge in [0.1, 0.15) is 6.54 Å². The van der Waals surface area contributed by atoms with Crippen molar-refractivity contribution in [3.05, 3.63) is 65.2 Å². The molecule has 34 heavy (non-hydrogen) atoms. The summed E-state index contributed by atoms with van der Waals surface area (Å²) in [5.74, 6) is -3.47. The second kappa shape index (κ2) is 8.26. The summed E-state index contributed by atoms with van der Waals surface area (Å²) in [6.07, 6.45) is -4.52. The molecule has 180 valence electrons. The molecule has 2 aromatic rings. The van der Waals surface area contributed by atoms with Crippen LogP contribution in [0.25, 0.3) is 0 Å². The van der Waals surface area contributed by atoms with Crippen LogP contribution in [-0.4, -0.2) is 59.9 Å². The summed E-state index contributed by atoms with van der Waals surface area (Å²) in [5, 5.41) is 2.42. The quantitative estimate of drug-likeness (QED) is 0.684. The molecule has 0 radical (unpaired) electrons. The molecule has 0 aliphatic carbocycles. The average molecular weight is 482 g/mol. The van der Waals surface area contributed by atoms with Gasteiger partial charge in [0.25, 0.3) is 5.91 Å². The lowest BCUT2D eigenvalue weighted by atomic mass is 9.83. The fourth-order valence-corrected chi connectivity index (χ4v) is 4.17. The summed E-state index contributed by atoms with van der Waals surface area (Å²) in [5.41, 5.74) is -2.03. The van der Waals surface area contributed by atoms with E-state index in [1.807, 2.05) is 0 Å². The molecule has 0 bridgehead atoms. The summed E-state index contributed by atoms with van der Waals surface area (Å²) in [6.45, 7) is -0.988. The number of halogens is 5. The predicted octanol–water partition coefficient (Wildman–Crippen LogP) is 2.75. The maximum atomic E-state index is 13.8. The molecule has 0 aromatic heterocycles. The van der Waals surface area contributed by atoms with Crippen molar-refractivity contribution >= 4 is 23.5 Å². The Kier molecular flexibility index (Phi) is 5.70. The molecule has 1 N–H and O–H groups in total. The normalized spacial score (nSPS) is 17.8. The number of carbonyl (C=O) groups excluding carboxylic acids is 3. The van der Waals surface area contributed by atoms with Crippen LogP contribution >= 0.6 is 0 Å². The second-order valence-corrected chi connectivity index (χ2v) is 8.11. The van der Waals surface area contributed by atoms with Gasteiger partial charge in [-0.05, 0) is 29.8 Å². The molecule has 2 aromatic carbocycles. The number of rotatable bonds is 3. The number of nitrogens with zero attached hydrogens (tertiary/aromatic N) is 3. The maximum Gasteiger partial charge on any atom is 0.416 e.